The second-order valence-corrected chi connectivity index (χ2v) is 5.04. The highest BCUT2D eigenvalue weighted by molar-refractivity contribution is 5.79. The average molecular weight is 260 g/mol. The van der Waals surface area contributed by atoms with E-state index in [-0.39, 0.29) is 18.2 Å². The third kappa shape index (κ3) is 3.99. The summed E-state index contributed by atoms with van der Waals surface area (Å²) in [5.41, 5.74) is 0.0613. The molecule has 102 valence electrons. The van der Waals surface area contributed by atoms with E-state index in [1.54, 1.807) is 14.0 Å². The fourth-order valence-corrected chi connectivity index (χ4v) is 1.56. The van der Waals surface area contributed by atoms with Crippen molar-refractivity contribution in [3.05, 3.63) is 29.8 Å². The Labute approximate surface area is 114 Å². The molecule has 0 saturated heterocycles. The topological polar surface area (TPSA) is 62.1 Å². The van der Waals surface area contributed by atoms with Crippen LogP contribution >= 0.6 is 0 Å². The van der Waals surface area contributed by atoms with Crippen LogP contribution in [0.25, 0.3) is 0 Å². The summed E-state index contributed by atoms with van der Waals surface area (Å²) < 4.78 is 5.06. The van der Waals surface area contributed by atoms with Crippen LogP contribution in [0.1, 0.15) is 26.3 Å². The molecule has 0 aliphatic heterocycles. The molecule has 4 heteroatoms. The summed E-state index contributed by atoms with van der Waals surface area (Å²) in [5, 5.41) is 11.9. The van der Waals surface area contributed by atoms with Crippen molar-refractivity contribution in [1.82, 2.24) is 5.32 Å². The van der Waals surface area contributed by atoms with Crippen molar-refractivity contribution in [2.75, 3.05) is 7.11 Å². The molecule has 1 unspecified atom stereocenters. The third-order valence-corrected chi connectivity index (χ3v) is 3.31. The molecule has 0 aromatic heterocycles. The van der Waals surface area contributed by atoms with Gasteiger partial charge < -0.3 is 10.1 Å². The second kappa shape index (κ2) is 6.24. The van der Waals surface area contributed by atoms with E-state index in [9.17, 15) is 4.79 Å². The lowest BCUT2D eigenvalue weighted by atomic mass is 9.90. The van der Waals surface area contributed by atoms with E-state index in [4.69, 9.17) is 10.00 Å². The first-order chi connectivity index (χ1) is 8.91. The van der Waals surface area contributed by atoms with Gasteiger partial charge in [0.2, 0.25) is 5.91 Å². The highest BCUT2D eigenvalue weighted by Gasteiger charge is 2.29. The maximum atomic E-state index is 12.0. The SMILES string of the molecule is COc1ccc(CC(=O)NC(C)(C#N)C(C)C)cc1. The maximum absolute atomic E-state index is 12.0. The predicted molar refractivity (Wildman–Crippen MR) is 73.7 cm³/mol. The lowest BCUT2D eigenvalue weighted by Gasteiger charge is -2.27. The molecule has 0 heterocycles. The molecule has 1 N–H and O–H groups in total. The zero-order chi connectivity index (χ0) is 14.5. The molecular formula is C15H20N2O2. The minimum atomic E-state index is -0.830. The van der Waals surface area contributed by atoms with Gasteiger partial charge in [-0.25, -0.2) is 0 Å². The Morgan fingerprint density at radius 2 is 2.00 bits per heavy atom. The third-order valence-electron chi connectivity index (χ3n) is 3.31. The van der Waals surface area contributed by atoms with Crippen molar-refractivity contribution in [2.45, 2.75) is 32.7 Å². The van der Waals surface area contributed by atoms with E-state index in [0.29, 0.717) is 0 Å². The summed E-state index contributed by atoms with van der Waals surface area (Å²) in [7, 11) is 1.60. The Kier molecular flexibility index (Phi) is 4.94. The number of carbonyl (C=O) groups excluding carboxylic acids is 1. The number of nitrogens with one attached hydrogen (secondary N) is 1. The van der Waals surface area contributed by atoms with Crippen LogP contribution in [0.3, 0.4) is 0 Å². The number of hydrogen-bond donors (Lipinski definition) is 1. The first kappa shape index (κ1) is 15.0. The first-order valence-electron chi connectivity index (χ1n) is 6.26. The van der Waals surface area contributed by atoms with Gasteiger partial charge in [-0.05, 0) is 30.5 Å². The molecule has 0 aliphatic rings. The number of benzene rings is 1. The Balaban J connectivity index is 2.67. The number of methoxy groups -OCH3 is 1. The van der Waals surface area contributed by atoms with Gasteiger partial charge in [-0.1, -0.05) is 26.0 Å². The minimum absolute atomic E-state index is 0.0531. The Bertz CT molecular complexity index is 474. The monoisotopic (exact) mass is 260 g/mol. The fraction of sp³-hybridized carbons (Fsp3) is 0.467. The quantitative estimate of drug-likeness (QED) is 0.883. The van der Waals surface area contributed by atoms with E-state index in [1.807, 2.05) is 38.1 Å². The van der Waals surface area contributed by atoms with Crippen LogP contribution in [0.15, 0.2) is 24.3 Å². The van der Waals surface area contributed by atoms with Crippen LogP contribution in [0, 0.1) is 17.2 Å². The van der Waals surface area contributed by atoms with Gasteiger partial charge >= 0.3 is 0 Å². The van der Waals surface area contributed by atoms with Gasteiger partial charge in [0, 0.05) is 0 Å². The van der Waals surface area contributed by atoms with Crippen molar-refractivity contribution in [3.63, 3.8) is 0 Å². The standard InChI is InChI=1S/C15H20N2O2/c1-11(2)15(3,10-16)17-14(18)9-12-5-7-13(19-4)8-6-12/h5-8,11H,9H2,1-4H3,(H,17,18). The van der Waals surface area contributed by atoms with E-state index >= 15 is 0 Å². The molecule has 0 aliphatic carbocycles. The fourth-order valence-electron chi connectivity index (χ4n) is 1.56. The van der Waals surface area contributed by atoms with E-state index in [2.05, 4.69) is 11.4 Å². The molecule has 0 saturated carbocycles. The highest BCUT2D eigenvalue weighted by Crippen LogP contribution is 2.16. The smallest absolute Gasteiger partial charge is 0.225 e. The van der Waals surface area contributed by atoms with Crippen LogP contribution in [0.4, 0.5) is 0 Å². The molecule has 1 rings (SSSR count). The summed E-state index contributed by atoms with van der Waals surface area (Å²) in [6, 6.07) is 9.48. The minimum Gasteiger partial charge on any atom is -0.497 e. The molecule has 0 fully saturated rings. The largest absolute Gasteiger partial charge is 0.497 e. The summed E-state index contributed by atoms with van der Waals surface area (Å²) >= 11 is 0. The number of nitrogens with zero attached hydrogens (tertiary/aromatic N) is 1. The van der Waals surface area contributed by atoms with Crippen molar-refractivity contribution < 1.29 is 9.53 Å². The number of carbonyl (C=O) groups is 1. The zero-order valence-electron chi connectivity index (χ0n) is 11.9. The second-order valence-electron chi connectivity index (χ2n) is 5.04. The summed E-state index contributed by atoms with van der Waals surface area (Å²) in [5.74, 6) is 0.661. The van der Waals surface area contributed by atoms with Gasteiger partial charge in [0.15, 0.2) is 0 Å². The summed E-state index contributed by atoms with van der Waals surface area (Å²) in [6.45, 7) is 5.57. The Hall–Kier alpha value is -2.02. The number of rotatable bonds is 5. The summed E-state index contributed by atoms with van der Waals surface area (Å²) in [6.07, 6.45) is 0.258. The van der Waals surface area contributed by atoms with Gasteiger partial charge in [-0.3, -0.25) is 4.79 Å². The number of nitriles is 1. The molecule has 1 aromatic carbocycles. The zero-order valence-corrected chi connectivity index (χ0v) is 11.9. The van der Waals surface area contributed by atoms with Crippen LogP contribution in [0.2, 0.25) is 0 Å². The van der Waals surface area contributed by atoms with Crippen molar-refractivity contribution >= 4 is 5.91 Å². The molecule has 19 heavy (non-hydrogen) atoms. The Morgan fingerprint density at radius 1 is 1.42 bits per heavy atom. The van der Waals surface area contributed by atoms with Gasteiger partial charge in [-0.15, -0.1) is 0 Å². The molecule has 4 nitrogen and oxygen atoms in total. The van der Waals surface area contributed by atoms with Crippen molar-refractivity contribution in [2.24, 2.45) is 5.92 Å². The number of ether oxygens (including phenoxy) is 1. The molecule has 1 atom stereocenters. The summed E-state index contributed by atoms with van der Waals surface area (Å²) in [4.78, 5) is 12.0. The molecular weight excluding hydrogens is 240 g/mol. The van der Waals surface area contributed by atoms with Gasteiger partial charge in [-0.2, -0.15) is 5.26 Å². The lowest BCUT2D eigenvalue weighted by Crippen LogP contribution is -2.49. The molecule has 1 aromatic rings. The van der Waals surface area contributed by atoms with E-state index in [0.717, 1.165) is 11.3 Å². The van der Waals surface area contributed by atoms with Crippen LogP contribution in [0.5, 0.6) is 5.75 Å². The van der Waals surface area contributed by atoms with Gasteiger partial charge in [0.1, 0.15) is 11.3 Å². The number of hydrogen-bond acceptors (Lipinski definition) is 3. The maximum Gasteiger partial charge on any atom is 0.225 e. The van der Waals surface area contributed by atoms with Gasteiger partial charge in [0.25, 0.3) is 0 Å². The van der Waals surface area contributed by atoms with Crippen LogP contribution in [-0.2, 0) is 11.2 Å². The molecule has 1 amide bonds. The average Bonchev–Trinajstić information content (AvgIpc) is 2.39. The predicted octanol–water partition coefficient (Wildman–Crippen LogP) is 2.29. The Morgan fingerprint density at radius 3 is 2.42 bits per heavy atom. The van der Waals surface area contributed by atoms with Crippen LogP contribution in [-0.4, -0.2) is 18.6 Å². The van der Waals surface area contributed by atoms with Crippen LogP contribution < -0.4 is 10.1 Å². The highest BCUT2D eigenvalue weighted by atomic mass is 16.5. The molecule has 0 bridgehead atoms. The normalized spacial score (nSPS) is 13.5. The first-order valence-corrected chi connectivity index (χ1v) is 6.26. The molecule has 0 radical (unpaired) electrons. The molecule has 0 spiro atoms. The number of amides is 1. The van der Waals surface area contributed by atoms with E-state index < -0.39 is 5.54 Å². The van der Waals surface area contributed by atoms with Gasteiger partial charge in [0.05, 0.1) is 19.6 Å². The lowest BCUT2D eigenvalue weighted by molar-refractivity contribution is -0.122. The van der Waals surface area contributed by atoms with E-state index in [1.165, 1.54) is 0 Å². The van der Waals surface area contributed by atoms with Crippen molar-refractivity contribution in [1.29, 1.82) is 5.26 Å². The van der Waals surface area contributed by atoms with Crippen molar-refractivity contribution in [3.8, 4) is 11.8 Å².